The SMILES string of the molecule is COC(=O)C(Br)CN1CCC2(O)CCCCC2C1. The molecule has 1 aliphatic heterocycles. The second kappa shape index (κ2) is 5.88. The number of carbonyl (C=O) groups excluding carboxylic acids is 1. The zero-order chi connectivity index (χ0) is 13.2. The van der Waals surface area contributed by atoms with E-state index in [2.05, 4.69) is 20.8 Å². The molecule has 2 rings (SSSR count). The van der Waals surface area contributed by atoms with E-state index in [4.69, 9.17) is 4.74 Å². The van der Waals surface area contributed by atoms with Gasteiger partial charge >= 0.3 is 5.97 Å². The number of carbonyl (C=O) groups is 1. The summed E-state index contributed by atoms with van der Waals surface area (Å²) >= 11 is 3.36. The normalized spacial score (nSPS) is 34.7. The van der Waals surface area contributed by atoms with E-state index < -0.39 is 5.60 Å². The fraction of sp³-hybridized carbons (Fsp3) is 0.923. The number of aliphatic hydroxyl groups is 1. The number of methoxy groups -OCH3 is 1. The molecule has 1 N–H and O–H groups in total. The largest absolute Gasteiger partial charge is 0.468 e. The number of piperidine rings is 1. The van der Waals surface area contributed by atoms with Gasteiger partial charge in [0.25, 0.3) is 0 Å². The number of likely N-dealkylation sites (tertiary alicyclic amines) is 1. The van der Waals surface area contributed by atoms with Crippen molar-refractivity contribution in [2.75, 3.05) is 26.7 Å². The highest BCUT2D eigenvalue weighted by molar-refractivity contribution is 9.10. The Morgan fingerprint density at radius 3 is 3.06 bits per heavy atom. The second-order valence-electron chi connectivity index (χ2n) is 5.55. The topological polar surface area (TPSA) is 49.8 Å². The van der Waals surface area contributed by atoms with Gasteiger partial charge in [0.15, 0.2) is 0 Å². The van der Waals surface area contributed by atoms with E-state index in [1.54, 1.807) is 0 Å². The predicted molar refractivity (Wildman–Crippen MR) is 72.7 cm³/mol. The molecule has 2 aliphatic rings. The molecule has 0 aromatic carbocycles. The molecule has 0 aromatic heterocycles. The Balaban J connectivity index is 1.88. The van der Waals surface area contributed by atoms with Crippen molar-refractivity contribution in [1.29, 1.82) is 0 Å². The van der Waals surface area contributed by atoms with Crippen molar-refractivity contribution in [3.63, 3.8) is 0 Å². The lowest BCUT2D eigenvalue weighted by atomic mass is 9.71. The molecule has 1 saturated carbocycles. The number of halogens is 1. The maximum Gasteiger partial charge on any atom is 0.320 e. The molecule has 0 amide bonds. The molecule has 1 aliphatic carbocycles. The molecule has 104 valence electrons. The van der Waals surface area contributed by atoms with Gasteiger partial charge in [-0.1, -0.05) is 28.8 Å². The first kappa shape index (κ1) is 14.3. The Morgan fingerprint density at radius 1 is 1.56 bits per heavy atom. The van der Waals surface area contributed by atoms with Crippen molar-refractivity contribution in [3.05, 3.63) is 0 Å². The van der Waals surface area contributed by atoms with E-state index in [0.29, 0.717) is 12.5 Å². The van der Waals surface area contributed by atoms with Crippen LogP contribution in [-0.4, -0.2) is 53.1 Å². The Labute approximate surface area is 117 Å². The monoisotopic (exact) mass is 319 g/mol. The van der Waals surface area contributed by atoms with Crippen LogP contribution in [0.25, 0.3) is 0 Å². The smallest absolute Gasteiger partial charge is 0.320 e. The zero-order valence-corrected chi connectivity index (χ0v) is 12.5. The summed E-state index contributed by atoms with van der Waals surface area (Å²) in [5.41, 5.74) is -0.443. The highest BCUT2D eigenvalue weighted by atomic mass is 79.9. The molecule has 18 heavy (non-hydrogen) atoms. The van der Waals surface area contributed by atoms with Crippen molar-refractivity contribution in [2.45, 2.75) is 42.5 Å². The standard InChI is InChI=1S/C13H22BrNO3/c1-18-12(16)11(14)9-15-7-6-13(17)5-3-2-4-10(13)8-15/h10-11,17H,2-9H2,1H3. The average molecular weight is 320 g/mol. The Bertz CT molecular complexity index is 313. The maximum atomic E-state index is 11.4. The third-order valence-electron chi connectivity index (χ3n) is 4.39. The van der Waals surface area contributed by atoms with Crippen LogP contribution in [0.1, 0.15) is 32.1 Å². The molecule has 4 nitrogen and oxygen atoms in total. The van der Waals surface area contributed by atoms with Crippen LogP contribution in [-0.2, 0) is 9.53 Å². The molecule has 0 aromatic rings. The summed E-state index contributed by atoms with van der Waals surface area (Å²) in [6.07, 6.45) is 5.25. The van der Waals surface area contributed by atoms with Crippen LogP contribution in [0.4, 0.5) is 0 Å². The second-order valence-corrected chi connectivity index (χ2v) is 6.65. The first-order valence-corrected chi connectivity index (χ1v) is 7.63. The van der Waals surface area contributed by atoms with Gasteiger partial charge in [0.2, 0.25) is 0 Å². The highest BCUT2D eigenvalue weighted by Crippen LogP contribution is 2.39. The van der Waals surface area contributed by atoms with Gasteiger partial charge in [0.1, 0.15) is 4.83 Å². The number of ether oxygens (including phenoxy) is 1. The number of hydrogen-bond acceptors (Lipinski definition) is 4. The van der Waals surface area contributed by atoms with Gasteiger partial charge in [-0.25, -0.2) is 0 Å². The van der Waals surface area contributed by atoms with Crippen LogP contribution < -0.4 is 0 Å². The minimum Gasteiger partial charge on any atom is -0.468 e. The summed E-state index contributed by atoms with van der Waals surface area (Å²) in [6.45, 7) is 2.43. The first-order chi connectivity index (χ1) is 8.55. The van der Waals surface area contributed by atoms with E-state index in [-0.39, 0.29) is 10.8 Å². The number of alkyl halides is 1. The van der Waals surface area contributed by atoms with Gasteiger partial charge in [-0.05, 0) is 19.3 Å². The van der Waals surface area contributed by atoms with E-state index in [1.807, 2.05) is 0 Å². The average Bonchev–Trinajstić information content (AvgIpc) is 2.38. The van der Waals surface area contributed by atoms with E-state index in [9.17, 15) is 9.90 Å². The minimum absolute atomic E-state index is 0.223. The van der Waals surface area contributed by atoms with Gasteiger partial charge in [-0.15, -0.1) is 0 Å². The number of nitrogens with zero attached hydrogens (tertiary/aromatic N) is 1. The number of fused-ring (bicyclic) bond motifs is 1. The van der Waals surface area contributed by atoms with Crippen LogP contribution in [0, 0.1) is 5.92 Å². The summed E-state index contributed by atoms with van der Waals surface area (Å²) in [6, 6.07) is 0. The molecular formula is C13H22BrNO3. The lowest BCUT2D eigenvalue weighted by Crippen LogP contribution is -2.54. The van der Waals surface area contributed by atoms with Gasteiger partial charge in [-0.3, -0.25) is 4.79 Å². The molecule has 0 radical (unpaired) electrons. The first-order valence-electron chi connectivity index (χ1n) is 6.72. The van der Waals surface area contributed by atoms with Crippen LogP contribution in [0.2, 0.25) is 0 Å². The van der Waals surface area contributed by atoms with Gasteiger partial charge < -0.3 is 14.7 Å². The van der Waals surface area contributed by atoms with Gasteiger partial charge in [-0.2, -0.15) is 0 Å². The molecule has 1 heterocycles. The van der Waals surface area contributed by atoms with E-state index in [1.165, 1.54) is 13.5 Å². The predicted octanol–water partition coefficient (Wildman–Crippen LogP) is 1.55. The Morgan fingerprint density at radius 2 is 2.33 bits per heavy atom. The number of rotatable bonds is 3. The number of esters is 1. The van der Waals surface area contributed by atoms with Gasteiger partial charge in [0.05, 0.1) is 12.7 Å². The van der Waals surface area contributed by atoms with Crippen LogP contribution in [0.3, 0.4) is 0 Å². The van der Waals surface area contributed by atoms with Crippen LogP contribution >= 0.6 is 15.9 Å². The Hall–Kier alpha value is -0.130. The third kappa shape index (κ3) is 3.06. The van der Waals surface area contributed by atoms with Crippen molar-refractivity contribution < 1.29 is 14.6 Å². The summed E-state index contributed by atoms with van der Waals surface area (Å²) in [5, 5.41) is 10.6. The molecule has 1 saturated heterocycles. The molecule has 3 unspecified atom stereocenters. The van der Waals surface area contributed by atoms with Crippen molar-refractivity contribution in [2.24, 2.45) is 5.92 Å². The molecule has 2 fully saturated rings. The summed E-state index contributed by atoms with van der Waals surface area (Å²) in [5.74, 6) is 0.150. The highest BCUT2D eigenvalue weighted by Gasteiger charge is 2.43. The lowest BCUT2D eigenvalue weighted by Gasteiger charge is -2.47. The number of hydrogen-bond donors (Lipinski definition) is 1. The van der Waals surface area contributed by atoms with Crippen molar-refractivity contribution >= 4 is 21.9 Å². The lowest BCUT2D eigenvalue weighted by molar-refractivity contribution is -0.140. The fourth-order valence-corrected chi connectivity index (χ4v) is 3.83. The molecule has 0 spiro atoms. The minimum atomic E-state index is -0.443. The molecule has 0 bridgehead atoms. The van der Waals surface area contributed by atoms with Gasteiger partial charge in [0, 0.05) is 25.6 Å². The Kier molecular flexibility index (Phi) is 4.67. The third-order valence-corrected chi connectivity index (χ3v) is 5.05. The maximum absolute atomic E-state index is 11.4. The van der Waals surface area contributed by atoms with E-state index in [0.717, 1.165) is 38.8 Å². The van der Waals surface area contributed by atoms with E-state index >= 15 is 0 Å². The fourth-order valence-electron chi connectivity index (χ4n) is 3.23. The van der Waals surface area contributed by atoms with Crippen LogP contribution in [0.15, 0.2) is 0 Å². The summed E-state index contributed by atoms with van der Waals surface area (Å²) in [7, 11) is 1.41. The van der Waals surface area contributed by atoms with Crippen molar-refractivity contribution in [3.8, 4) is 0 Å². The van der Waals surface area contributed by atoms with Crippen molar-refractivity contribution in [1.82, 2.24) is 4.90 Å². The molecular weight excluding hydrogens is 298 g/mol. The summed E-state index contributed by atoms with van der Waals surface area (Å²) in [4.78, 5) is 13.4. The quantitative estimate of drug-likeness (QED) is 0.633. The molecule has 3 atom stereocenters. The zero-order valence-electron chi connectivity index (χ0n) is 10.9. The summed E-state index contributed by atoms with van der Waals surface area (Å²) < 4.78 is 4.72. The van der Waals surface area contributed by atoms with Crippen LogP contribution in [0.5, 0.6) is 0 Å². The molecule has 5 heteroatoms.